The lowest BCUT2D eigenvalue weighted by atomic mass is 10.0. The second-order valence-electron chi connectivity index (χ2n) is 9.52. The zero-order valence-electron chi connectivity index (χ0n) is 21.6. The number of benzene rings is 4. The van der Waals surface area contributed by atoms with Gasteiger partial charge in [-0.25, -0.2) is 5.43 Å². The molecule has 0 bridgehead atoms. The van der Waals surface area contributed by atoms with Gasteiger partial charge in [0.2, 0.25) is 0 Å². The number of nitrogens with one attached hydrogen (secondary N) is 1. The number of piperazine rings is 1. The molecule has 1 saturated heterocycles. The maximum atomic E-state index is 12.4. The topological polar surface area (TPSA) is 77.4 Å². The lowest BCUT2D eigenvalue weighted by Crippen LogP contribution is -2.47. The molecule has 0 atom stereocenters. The lowest BCUT2D eigenvalue weighted by molar-refractivity contribution is 0.0955. The van der Waals surface area contributed by atoms with Crippen molar-refractivity contribution in [2.75, 3.05) is 39.3 Å². The second-order valence-corrected chi connectivity index (χ2v) is 9.92. The summed E-state index contributed by atoms with van der Waals surface area (Å²) in [5.74, 6) is 0.332. The van der Waals surface area contributed by atoms with Crippen LogP contribution in [0.3, 0.4) is 0 Å². The zero-order valence-corrected chi connectivity index (χ0v) is 22.3. The molecule has 0 unspecified atom stereocenters. The maximum absolute atomic E-state index is 12.4. The van der Waals surface area contributed by atoms with Crippen LogP contribution in [-0.2, 0) is 6.54 Å². The van der Waals surface area contributed by atoms with E-state index >= 15 is 0 Å². The van der Waals surface area contributed by atoms with Crippen molar-refractivity contribution in [1.82, 2.24) is 15.2 Å². The number of aromatic hydroxyl groups is 1. The number of carbonyl (C=O) groups is 1. The van der Waals surface area contributed by atoms with E-state index < -0.39 is 5.91 Å². The molecule has 7 nitrogen and oxygen atoms in total. The van der Waals surface area contributed by atoms with Crippen molar-refractivity contribution >= 4 is 34.5 Å². The van der Waals surface area contributed by atoms with Crippen LogP contribution in [0.2, 0.25) is 5.02 Å². The molecule has 1 aliphatic rings. The first kappa shape index (κ1) is 26.7. The van der Waals surface area contributed by atoms with Gasteiger partial charge < -0.3 is 9.84 Å². The standard InChI is InChI=1S/C31H31ClN4O3/c32-28-20-24(10-12-29(28)37)31(38)34-33-21-25-11-13-30(27-9-5-4-8-26(25)27)39-19-18-35-14-16-36(17-15-35)22-23-6-2-1-3-7-23/h1-13,20-21,37H,14-19,22H2,(H,34,38)/b33-21+. The Bertz CT molecular complexity index is 1450. The average Bonchev–Trinajstić information content (AvgIpc) is 2.97. The summed E-state index contributed by atoms with van der Waals surface area (Å²) in [6, 6.07) is 26.8. The molecule has 4 aromatic carbocycles. The van der Waals surface area contributed by atoms with Gasteiger partial charge in [-0.3, -0.25) is 14.6 Å². The third-order valence-electron chi connectivity index (χ3n) is 6.88. The molecule has 0 radical (unpaired) electrons. The predicted molar refractivity (Wildman–Crippen MR) is 156 cm³/mol. The minimum atomic E-state index is -0.418. The number of phenols is 1. The number of hydrogen-bond acceptors (Lipinski definition) is 6. The molecule has 1 aliphatic heterocycles. The van der Waals surface area contributed by atoms with Crippen LogP contribution in [0.4, 0.5) is 0 Å². The first-order valence-corrected chi connectivity index (χ1v) is 13.4. The van der Waals surface area contributed by atoms with E-state index in [1.54, 1.807) is 6.21 Å². The van der Waals surface area contributed by atoms with Gasteiger partial charge in [0.1, 0.15) is 18.1 Å². The van der Waals surface area contributed by atoms with Crippen molar-refractivity contribution in [2.24, 2.45) is 5.10 Å². The molecule has 0 saturated carbocycles. The van der Waals surface area contributed by atoms with Crippen LogP contribution in [0, 0.1) is 0 Å². The minimum Gasteiger partial charge on any atom is -0.506 e. The van der Waals surface area contributed by atoms with Gasteiger partial charge in [0.05, 0.1) is 11.2 Å². The number of nitrogens with zero attached hydrogens (tertiary/aromatic N) is 3. The van der Waals surface area contributed by atoms with E-state index in [9.17, 15) is 9.90 Å². The third kappa shape index (κ3) is 6.95. The number of phenolic OH excluding ortho intramolecular Hbond substituents is 1. The minimum absolute atomic E-state index is 0.0769. The molecule has 2 N–H and O–H groups in total. The molecule has 0 spiro atoms. The molecule has 1 amide bonds. The highest BCUT2D eigenvalue weighted by Crippen LogP contribution is 2.28. The number of hydrazone groups is 1. The Hall–Kier alpha value is -3.91. The highest BCUT2D eigenvalue weighted by atomic mass is 35.5. The quantitative estimate of drug-likeness (QED) is 0.226. The van der Waals surface area contributed by atoms with Crippen LogP contribution in [-0.4, -0.2) is 66.4 Å². The fourth-order valence-corrected chi connectivity index (χ4v) is 4.88. The van der Waals surface area contributed by atoms with Gasteiger partial charge in [-0.2, -0.15) is 5.10 Å². The summed E-state index contributed by atoms with van der Waals surface area (Å²) in [7, 11) is 0. The Morgan fingerprint density at radius 3 is 2.41 bits per heavy atom. The Balaban J connectivity index is 1.14. The Morgan fingerprint density at radius 1 is 0.923 bits per heavy atom. The number of halogens is 1. The van der Waals surface area contributed by atoms with Crippen molar-refractivity contribution in [1.29, 1.82) is 0 Å². The van der Waals surface area contributed by atoms with Gasteiger partial charge in [0.15, 0.2) is 0 Å². The fraction of sp³-hybridized carbons (Fsp3) is 0.226. The van der Waals surface area contributed by atoms with Gasteiger partial charge in [0, 0.05) is 55.8 Å². The van der Waals surface area contributed by atoms with Crippen LogP contribution in [0.1, 0.15) is 21.5 Å². The molecule has 200 valence electrons. The molecule has 0 aliphatic carbocycles. The number of rotatable bonds is 9. The van der Waals surface area contributed by atoms with Crippen molar-refractivity contribution < 1.29 is 14.6 Å². The van der Waals surface area contributed by atoms with Crippen LogP contribution in [0.25, 0.3) is 10.8 Å². The van der Waals surface area contributed by atoms with E-state index in [1.807, 2.05) is 36.4 Å². The van der Waals surface area contributed by atoms with Gasteiger partial charge in [-0.05, 0) is 41.3 Å². The number of fused-ring (bicyclic) bond motifs is 1. The average molecular weight is 543 g/mol. The number of amides is 1. The lowest BCUT2D eigenvalue weighted by Gasteiger charge is -2.34. The van der Waals surface area contributed by atoms with Gasteiger partial charge in [-0.1, -0.05) is 66.2 Å². The van der Waals surface area contributed by atoms with Crippen LogP contribution >= 0.6 is 11.6 Å². The largest absolute Gasteiger partial charge is 0.506 e. The summed E-state index contributed by atoms with van der Waals surface area (Å²) in [6.45, 7) is 6.68. The molecule has 8 heteroatoms. The number of ether oxygens (including phenoxy) is 1. The third-order valence-corrected chi connectivity index (χ3v) is 7.18. The summed E-state index contributed by atoms with van der Waals surface area (Å²) in [6.07, 6.45) is 1.61. The predicted octanol–water partition coefficient (Wildman–Crippen LogP) is 5.16. The van der Waals surface area contributed by atoms with E-state index in [2.05, 4.69) is 50.7 Å². The Labute approximate surface area is 233 Å². The fourth-order valence-electron chi connectivity index (χ4n) is 4.70. The molecule has 1 heterocycles. The number of carbonyl (C=O) groups excluding carboxylic acids is 1. The first-order chi connectivity index (χ1) is 19.1. The van der Waals surface area contributed by atoms with Crippen LogP contribution in [0.15, 0.2) is 90.0 Å². The summed E-state index contributed by atoms with van der Waals surface area (Å²) in [4.78, 5) is 17.3. The van der Waals surface area contributed by atoms with Crippen molar-refractivity contribution in [3.63, 3.8) is 0 Å². The molecule has 39 heavy (non-hydrogen) atoms. The van der Waals surface area contributed by atoms with E-state index in [0.29, 0.717) is 12.2 Å². The van der Waals surface area contributed by atoms with Crippen LogP contribution in [0.5, 0.6) is 11.5 Å². The van der Waals surface area contributed by atoms with Crippen molar-refractivity contribution in [2.45, 2.75) is 6.54 Å². The zero-order chi connectivity index (χ0) is 27.0. The van der Waals surface area contributed by atoms with E-state index in [1.165, 1.54) is 23.8 Å². The van der Waals surface area contributed by atoms with Crippen molar-refractivity contribution in [3.8, 4) is 11.5 Å². The monoisotopic (exact) mass is 542 g/mol. The summed E-state index contributed by atoms with van der Waals surface area (Å²) in [5, 5.41) is 15.7. The Morgan fingerprint density at radius 2 is 1.64 bits per heavy atom. The molecule has 1 fully saturated rings. The van der Waals surface area contributed by atoms with E-state index in [-0.39, 0.29) is 10.8 Å². The van der Waals surface area contributed by atoms with Gasteiger partial charge in [-0.15, -0.1) is 0 Å². The van der Waals surface area contributed by atoms with E-state index in [0.717, 1.165) is 61.4 Å². The Kier molecular flexibility index (Phi) is 8.73. The maximum Gasteiger partial charge on any atom is 0.271 e. The van der Waals surface area contributed by atoms with Crippen molar-refractivity contribution in [3.05, 3.63) is 107 Å². The first-order valence-electron chi connectivity index (χ1n) is 13.0. The van der Waals surface area contributed by atoms with Gasteiger partial charge in [0.25, 0.3) is 5.91 Å². The summed E-state index contributed by atoms with van der Waals surface area (Å²) < 4.78 is 6.22. The highest BCUT2D eigenvalue weighted by molar-refractivity contribution is 6.32. The molecule has 0 aromatic heterocycles. The summed E-state index contributed by atoms with van der Waals surface area (Å²) >= 11 is 5.90. The highest BCUT2D eigenvalue weighted by Gasteiger charge is 2.17. The summed E-state index contributed by atoms with van der Waals surface area (Å²) in [5.41, 5.74) is 5.04. The van der Waals surface area contributed by atoms with Crippen LogP contribution < -0.4 is 10.2 Å². The van der Waals surface area contributed by atoms with E-state index in [4.69, 9.17) is 16.3 Å². The molecule has 5 rings (SSSR count). The smallest absolute Gasteiger partial charge is 0.271 e. The molecular weight excluding hydrogens is 512 g/mol. The molecular formula is C31H31ClN4O3. The SMILES string of the molecule is O=C(N/N=C/c1ccc(OCCN2CCN(Cc3ccccc3)CC2)c2ccccc12)c1ccc(O)c(Cl)c1. The molecule has 4 aromatic rings. The second kappa shape index (κ2) is 12.8. The number of hydrogen-bond donors (Lipinski definition) is 2. The van der Waals surface area contributed by atoms with Gasteiger partial charge >= 0.3 is 0 Å². The normalized spacial score (nSPS) is 14.6.